The molecule has 0 aliphatic rings. The van der Waals surface area contributed by atoms with Gasteiger partial charge in [-0.2, -0.15) is 0 Å². The Morgan fingerprint density at radius 1 is 1.67 bits per heavy atom. The van der Waals surface area contributed by atoms with E-state index < -0.39 is 12.0 Å². The summed E-state index contributed by atoms with van der Waals surface area (Å²) >= 11 is 1.21. The fraction of sp³-hybridized carbons (Fsp3) is 0.571. The highest BCUT2D eigenvalue weighted by Gasteiger charge is 2.34. The van der Waals surface area contributed by atoms with Gasteiger partial charge in [0.15, 0.2) is 0 Å². The molecule has 0 saturated heterocycles. The van der Waals surface area contributed by atoms with Gasteiger partial charge in [-0.25, -0.2) is 13.8 Å². The summed E-state index contributed by atoms with van der Waals surface area (Å²) in [6.07, 6.45) is -1.15. The molecule has 1 unspecified atom stereocenters. The molecule has 12 heavy (non-hydrogen) atoms. The molecule has 0 bridgehead atoms. The van der Waals surface area contributed by atoms with Gasteiger partial charge in [0, 0.05) is 6.20 Å². The van der Waals surface area contributed by atoms with Gasteiger partial charge < -0.3 is 5.73 Å². The fourth-order valence-electron chi connectivity index (χ4n) is 0.718. The first kappa shape index (κ1) is 9.54. The molecule has 1 heterocycles. The highest BCUT2D eigenvalue weighted by molar-refractivity contribution is 7.11. The molecular weight excluding hydrogens is 182 g/mol. The van der Waals surface area contributed by atoms with Crippen LogP contribution in [0.5, 0.6) is 0 Å². The maximum absolute atomic E-state index is 12.4. The molecule has 2 nitrogen and oxygen atoms in total. The lowest BCUT2D eigenvalue weighted by Gasteiger charge is -2.20. The Bertz CT molecular complexity index is 270. The first-order chi connectivity index (χ1) is 5.44. The predicted molar refractivity (Wildman–Crippen MR) is 44.4 cm³/mol. The van der Waals surface area contributed by atoms with Crippen molar-refractivity contribution in [2.75, 3.05) is 0 Å². The maximum atomic E-state index is 12.4. The van der Waals surface area contributed by atoms with E-state index in [1.165, 1.54) is 24.5 Å². The zero-order valence-corrected chi connectivity index (χ0v) is 7.66. The predicted octanol–water partition coefficient (Wildman–Crippen LogP) is 1.89. The minimum Gasteiger partial charge on any atom is -0.316 e. The van der Waals surface area contributed by atoms with E-state index in [1.807, 2.05) is 0 Å². The Kier molecular flexibility index (Phi) is 2.44. The van der Waals surface area contributed by atoms with Crippen LogP contribution < -0.4 is 5.73 Å². The average Bonchev–Trinajstić information content (AvgIpc) is 2.35. The standard InChI is InChI=1S/C7H10F2N2S/c1-4-11-3-5(12-4)7(2,10)6(8)9/h3,6H,10H2,1-2H3. The molecule has 0 radical (unpaired) electrons. The van der Waals surface area contributed by atoms with Crippen molar-refractivity contribution in [1.82, 2.24) is 4.98 Å². The summed E-state index contributed by atoms with van der Waals surface area (Å²) in [5.41, 5.74) is 3.85. The number of nitrogens with zero attached hydrogens (tertiary/aromatic N) is 1. The molecule has 1 rings (SSSR count). The van der Waals surface area contributed by atoms with Crippen LogP contribution in [0.3, 0.4) is 0 Å². The second-order valence-corrected chi connectivity index (χ2v) is 4.06. The highest BCUT2D eigenvalue weighted by Crippen LogP contribution is 2.29. The van der Waals surface area contributed by atoms with Gasteiger partial charge in [-0.15, -0.1) is 11.3 Å². The van der Waals surface area contributed by atoms with Crippen molar-refractivity contribution in [3.8, 4) is 0 Å². The van der Waals surface area contributed by atoms with Crippen molar-refractivity contribution in [2.45, 2.75) is 25.8 Å². The van der Waals surface area contributed by atoms with E-state index in [0.717, 1.165) is 5.01 Å². The average molecular weight is 192 g/mol. The number of aryl methyl sites for hydroxylation is 1. The molecule has 0 aromatic carbocycles. The van der Waals surface area contributed by atoms with E-state index in [2.05, 4.69) is 4.98 Å². The van der Waals surface area contributed by atoms with Crippen LogP contribution >= 0.6 is 11.3 Å². The molecule has 1 aromatic rings. The van der Waals surface area contributed by atoms with E-state index in [-0.39, 0.29) is 0 Å². The lowest BCUT2D eigenvalue weighted by atomic mass is 10.0. The van der Waals surface area contributed by atoms with Crippen LogP contribution in [0.15, 0.2) is 6.20 Å². The van der Waals surface area contributed by atoms with Crippen LogP contribution in [0.2, 0.25) is 0 Å². The van der Waals surface area contributed by atoms with E-state index in [4.69, 9.17) is 5.73 Å². The number of hydrogen-bond acceptors (Lipinski definition) is 3. The highest BCUT2D eigenvalue weighted by atomic mass is 32.1. The van der Waals surface area contributed by atoms with E-state index in [1.54, 1.807) is 6.92 Å². The molecule has 5 heteroatoms. The molecule has 0 aliphatic heterocycles. The molecule has 68 valence electrons. The van der Waals surface area contributed by atoms with Gasteiger partial charge in [-0.1, -0.05) is 0 Å². The number of aromatic nitrogens is 1. The summed E-state index contributed by atoms with van der Waals surface area (Å²) in [5, 5.41) is 0.752. The first-order valence-electron chi connectivity index (χ1n) is 3.44. The number of thiazole rings is 1. The third-order valence-electron chi connectivity index (χ3n) is 1.61. The van der Waals surface area contributed by atoms with E-state index in [9.17, 15) is 8.78 Å². The Morgan fingerprint density at radius 2 is 2.25 bits per heavy atom. The second kappa shape index (κ2) is 3.06. The van der Waals surface area contributed by atoms with Crippen LogP contribution in [0, 0.1) is 6.92 Å². The van der Waals surface area contributed by atoms with E-state index >= 15 is 0 Å². The van der Waals surface area contributed by atoms with Crippen LogP contribution in [0.25, 0.3) is 0 Å². The van der Waals surface area contributed by atoms with Crippen LogP contribution in [0.4, 0.5) is 8.78 Å². The first-order valence-corrected chi connectivity index (χ1v) is 4.26. The molecule has 0 fully saturated rings. The van der Waals surface area contributed by atoms with Gasteiger partial charge in [0.2, 0.25) is 0 Å². The third-order valence-corrected chi connectivity index (χ3v) is 2.77. The summed E-state index contributed by atoms with van der Waals surface area (Å²) in [4.78, 5) is 4.30. The SMILES string of the molecule is Cc1ncc(C(C)(N)C(F)F)s1. The Hall–Kier alpha value is -0.550. The Morgan fingerprint density at radius 3 is 2.58 bits per heavy atom. The summed E-state index contributed by atoms with van der Waals surface area (Å²) in [5.74, 6) is 0. The summed E-state index contributed by atoms with van der Waals surface area (Å²) in [6.45, 7) is 3.07. The number of nitrogens with two attached hydrogens (primary N) is 1. The van der Waals surface area contributed by atoms with E-state index in [0.29, 0.717) is 4.88 Å². The second-order valence-electron chi connectivity index (χ2n) is 2.83. The number of alkyl halides is 2. The zero-order chi connectivity index (χ0) is 9.35. The van der Waals surface area contributed by atoms with Crippen molar-refractivity contribution in [3.63, 3.8) is 0 Å². The van der Waals surface area contributed by atoms with Crippen molar-refractivity contribution in [3.05, 3.63) is 16.1 Å². The lowest BCUT2D eigenvalue weighted by Crippen LogP contribution is -2.39. The van der Waals surface area contributed by atoms with Gasteiger partial charge in [0.25, 0.3) is 6.43 Å². The van der Waals surface area contributed by atoms with Crippen LogP contribution in [-0.2, 0) is 5.54 Å². The van der Waals surface area contributed by atoms with Crippen LogP contribution in [0.1, 0.15) is 16.8 Å². The molecule has 0 aliphatic carbocycles. The number of hydrogen-bond donors (Lipinski definition) is 1. The maximum Gasteiger partial charge on any atom is 0.260 e. The van der Waals surface area contributed by atoms with Crippen molar-refractivity contribution >= 4 is 11.3 Å². The minimum atomic E-state index is -2.56. The van der Waals surface area contributed by atoms with Gasteiger partial charge >= 0.3 is 0 Å². The third kappa shape index (κ3) is 1.61. The van der Waals surface area contributed by atoms with Gasteiger partial charge in [-0.05, 0) is 13.8 Å². The Balaban J connectivity index is 2.97. The van der Waals surface area contributed by atoms with Crippen LogP contribution in [-0.4, -0.2) is 11.4 Å². The largest absolute Gasteiger partial charge is 0.316 e. The molecule has 0 saturated carbocycles. The number of halogens is 2. The molecule has 0 amide bonds. The summed E-state index contributed by atoms with van der Waals surface area (Å²) in [7, 11) is 0. The van der Waals surface area contributed by atoms with Crippen molar-refractivity contribution in [1.29, 1.82) is 0 Å². The molecule has 2 N–H and O–H groups in total. The fourth-order valence-corrected chi connectivity index (χ4v) is 1.56. The van der Waals surface area contributed by atoms with Gasteiger partial charge in [-0.3, -0.25) is 0 Å². The zero-order valence-electron chi connectivity index (χ0n) is 6.84. The molecule has 1 aromatic heterocycles. The monoisotopic (exact) mass is 192 g/mol. The van der Waals surface area contributed by atoms with Crippen molar-refractivity contribution < 1.29 is 8.78 Å². The number of rotatable bonds is 2. The summed E-state index contributed by atoms with van der Waals surface area (Å²) < 4.78 is 24.7. The molecule has 1 atom stereocenters. The topological polar surface area (TPSA) is 38.9 Å². The minimum absolute atomic E-state index is 0.426. The normalized spacial score (nSPS) is 16.5. The van der Waals surface area contributed by atoms with Crippen molar-refractivity contribution in [2.24, 2.45) is 5.73 Å². The lowest BCUT2D eigenvalue weighted by molar-refractivity contribution is 0.0643. The molecular formula is C7H10F2N2S. The van der Waals surface area contributed by atoms with Gasteiger partial charge in [0.05, 0.1) is 9.88 Å². The van der Waals surface area contributed by atoms with Gasteiger partial charge in [0.1, 0.15) is 5.54 Å². The smallest absolute Gasteiger partial charge is 0.260 e. The summed E-state index contributed by atoms with van der Waals surface area (Å²) in [6, 6.07) is 0. The Labute approximate surface area is 73.4 Å². The molecule has 0 spiro atoms. The quantitative estimate of drug-likeness (QED) is 0.777.